The predicted molar refractivity (Wildman–Crippen MR) is 51.2 cm³/mol. The number of hydrogen-bond acceptors (Lipinski definition) is 3. The van der Waals surface area contributed by atoms with Crippen LogP contribution in [0.4, 0.5) is 0 Å². The Balaban J connectivity index is 2.16. The molecule has 0 spiro atoms. The molecule has 3 rings (SSSR count). The maximum absolute atomic E-state index is 11.6. The second kappa shape index (κ2) is 2.61. The van der Waals surface area contributed by atoms with E-state index in [9.17, 15) is 4.79 Å². The van der Waals surface area contributed by atoms with Crippen molar-refractivity contribution in [2.75, 3.05) is 5.75 Å². The molecule has 0 atom stereocenters. The van der Waals surface area contributed by atoms with Crippen molar-refractivity contribution in [1.29, 1.82) is 0 Å². The van der Waals surface area contributed by atoms with Gasteiger partial charge in [0, 0.05) is 24.3 Å². The molecule has 2 heterocycles. The predicted octanol–water partition coefficient (Wildman–Crippen LogP) is 1.23. The summed E-state index contributed by atoms with van der Waals surface area (Å²) in [5.74, 6) is 1.58. The molecule has 0 amide bonds. The maximum Gasteiger partial charge on any atom is 0.254 e. The quantitative estimate of drug-likeness (QED) is 0.631. The van der Waals surface area contributed by atoms with E-state index in [0.29, 0.717) is 5.92 Å². The van der Waals surface area contributed by atoms with Crippen LogP contribution in [0.15, 0.2) is 16.0 Å². The van der Waals surface area contributed by atoms with E-state index in [2.05, 4.69) is 4.98 Å². The first-order valence-corrected chi connectivity index (χ1v) is 5.58. The highest BCUT2D eigenvalue weighted by Gasteiger charge is 2.27. The zero-order valence-corrected chi connectivity index (χ0v) is 8.01. The molecule has 68 valence electrons. The SMILES string of the molecule is O=c1cc(C2CC2)nc2n1CCS2. The smallest absolute Gasteiger partial charge is 0.254 e. The molecule has 2 aliphatic rings. The minimum atomic E-state index is 0.136. The Morgan fingerprint density at radius 1 is 1.54 bits per heavy atom. The van der Waals surface area contributed by atoms with Crippen LogP contribution in [0.5, 0.6) is 0 Å². The summed E-state index contributed by atoms with van der Waals surface area (Å²) in [5, 5.41) is 0.925. The largest absolute Gasteiger partial charge is 0.287 e. The van der Waals surface area contributed by atoms with E-state index in [4.69, 9.17) is 0 Å². The molecule has 1 fully saturated rings. The molecule has 0 bridgehead atoms. The van der Waals surface area contributed by atoms with Crippen molar-refractivity contribution < 1.29 is 0 Å². The van der Waals surface area contributed by atoms with E-state index in [1.807, 2.05) is 0 Å². The molecule has 1 aliphatic heterocycles. The lowest BCUT2D eigenvalue weighted by Crippen LogP contribution is -2.20. The fourth-order valence-electron chi connectivity index (χ4n) is 1.63. The van der Waals surface area contributed by atoms with Crippen molar-refractivity contribution in [3.05, 3.63) is 22.1 Å². The zero-order valence-electron chi connectivity index (χ0n) is 7.19. The summed E-state index contributed by atoms with van der Waals surface area (Å²) in [7, 11) is 0. The van der Waals surface area contributed by atoms with Crippen LogP contribution in [0.25, 0.3) is 0 Å². The van der Waals surface area contributed by atoms with Gasteiger partial charge in [0.1, 0.15) is 0 Å². The Hall–Kier alpha value is -0.770. The Morgan fingerprint density at radius 3 is 3.15 bits per heavy atom. The summed E-state index contributed by atoms with van der Waals surface area (Å²) in [5.41, 5.74) is 1.16. The zero-order chi connectivity index (χ0) is 8.84. The molecule has 13 heavy (non-hydrogen) atoms. The molecular formula is C9H10N2OS. The highest BCUT2D eigenvalue weighted by molar-refractivity contribution is 7.99. The maximum atomic E-state index is 11.6. The Labute approximate surface area is 80.2 Å². The van der Waals surface area contributed by atoms with Crippen molar-refractivity contribution in [3.63, 3.8) is 0 Å². The number of nitrogens with zero attached hydrogens (tertiary/aromatic N) is 2. The van der Waals surface area contributed by atoms with Crippen LogP contribution >= 0.6 is 11.8 Å². The van der Waals surface area contributed by atoms with Crippen molar-refractivity contribution in [2.24, 2.45) is 0 Å². The summed E-state index contributed by atoms with van der Waals surface area (Å²) < 4.78 is 1.77. The summed E-state index contributed by atoms with van der Waals surface area (Å²) in [6.45, 7) is 0.830. The van der Waals surface area contributed by atoms with Gasteiger partial charge in [0.05, 0.1) is 5.69 Å². The van der Waals surface area contributed by atoms with Crippen molar-refractivity contribution >= 4 is 11.8 Å². The molecule has 3 nitrogen and oxygen atoms in total. The molecule has 0 N–H and O–H groups in total. The van der Waals surface area contributed by atoms with E-state index < -0.39 is 0 Å². The third-order valence-corrected chi connectivity index (χ3v) is 3.49. The summed E-state index contributed by atoms with van der Waals surface area (Å²) in [4.78, 5) is 16.1. The highest BCUT2D eigenvalue weighted by Crippen LogP contribution is 2.39. The van der Waals surface area contributed by atoms with Crippen LogP contribution in [0.3, 0.4) is 0 Å². The third kappa shape index (κ3) is 1.20. The summed E-state index contributed by atoms with van der Waals surface area (Å²) in [6, 6.07) is 1.72. The van der Waals surface area contributed by atoms with Gasteiger partial charge in [-0.3, -0.25) is 9.36 Å². The number of thioether (sulfide) groups is 1. The summed E-state index contributed by atoms with van der Waals surface area (Å²) in [6.07, 6.45) is 2.42. The van der Waals surface area contributed by atoms with E-state index in [1.165, 1.54) is 12.8 Å². The first kappa shape index (κ1) is 7.62. The number of rotatable bonds is 1. The van der Waals surface area contributed by atoms with E-state index in [-0.39, 0.29) is 5.56 Å². The van der Waals surface area contributed by atoms with Crippen LogP contribution < -0.4 is 5.56 Å². The van der Waals surface area contributed by atoms with Gasteiger partial charge in [-0.15, -0.1) is 0 Å². The molecule has 1 saturated carbocycles. The first-order valence-electron chi connectivity index (χ1n) is 4.59. The molecule has 0 aromatic carbocycles. The normalized spacial score (nSPS) is 20.3. The van der Waals surface area contributed by atoms with Crippen molar-refractivity contribution in [2.45, 2.75) is 30.5 Å². The molecule has 1 aromatic heterocycles. The average molecular weight is 194 g/mol. The lowest BCUT2D eigenvalue weighted by Gasteiger charge is -2.02. The van der Waals surface area contributed by atoms with Crippen LogP contribution in [-0.4, -0.2) is 15.3 Å². The topological polar surface area (TPSA) is 34.9 Å². The van der Waals surface area contributed by atoms with E-state index >= 15 is 0 Å². The Kier molecular flexibility index (Phi) is 1.53. The van der Waals surface area contributed by atoms with Crippen molar-refractivity contribution in [3.8, 4) is 0 Å². The van der Waals surface area contributed by atoms with Gasteiger partial charge >= 0.3 is 0 Å². The molecule has 4 heteroatoms. The van der Waals surface area contributed by atoms with Gasteiger partial charge in [0.25, 0.3) is 5.56 Å². The molecule has 1 aromatic rings. The second-order valence-corrected chi connectivity index (χ2v) is 4.64. The van der Waals surface area contributed by atoms with Gasteiger partial charge in [0.15, 0.2) is 5.16 Å². The number of hydrogen-bond donors (Lipinski definition) is 0. The van der Waals surface area contributed by atoms with Crippen LogP contribution in [0, 0.1) is 0 Å². The standard InChI is InChI=1S/C9H10N2OS/c12-8-5-7(6-1-2-6)10-9-11(8)3-4-13-9/h5-6H,1-4H2. The molecule has 0 radical (unpaired) electrons. The lowest BCUT2D eigenvalue weighted by atomic mass is 10.3. The van der Waals surface area contributed by atoms with Crippen LogP contribution in [0.1, 0.15) is 24.5 Å². The molecule has 0 saturated heterocycles. The van der Waals surface area contributed by atoms with Crippen LogP contribution in [0.2, 0.25) is 0 Å². The molecular weight excluding hydrogens is 184 g/mol. The average Bonchev–Trinajstić information content (AvgIpc) is 2.85. The fourth-order valence-corrected chi connectivity index (χ4v) is 2.60. The Morgan fingerprint density at radius 2 is 2.38 bits per heavy atom. The van der Waals surface area contributed by atoms with E-state index in [0.717, 1.165) is 23.1 Å². The van der Waals surface area contributed by atoms with Gasteiger partial charge in [-0.2, -0.15) is 0 Å². The first-order chi connectivity index (χ1) is 6.34. The van der Waals surface area contributed by atoms with Gasteiger partial charge < -0.3 is 0 Å². The minimum Gasteiger partial charge on any atom is -0.287 e. The van der Waals surface area contributed by atoms with Gasteiger partial charge in [0.2, 0.25) is 0 Å². The Bertz CT molecular complexity index is 409. The highest BCUT2D eigenvalue weighted by atomic mass is 32.2. The van der Waals surface area contributed by atoms with Crippen molar-refractivity contribution in [1.82, 2.24) is 9.55 Å². The number of aromatic nitrogens is 2. The van der Waals surface area contributed by atoms with Gasteiger partial charge in [-0.05, 0) is 12.8 Å². The fraction of sp³-hybridized carbons (Fsp3) is 0.556. The monoisotopic (exact) mass is 194 g/mol. The van der Waals surface area contributed by atoms with Crippen LogP contribution in [-0.2, 0) is 6.54 Å². The summed E-state index contributed by atoms with van der Waals surface area (Å²) >= 11 is 1.69. The third-order valence-electron chi connectivity index (χ3n) is 2.53. The molecule has 0 unspecified atom stereocenters. The van der Waals surface area contributed by atoms with E-state index in [1.54, 1.807) is 22.4 Å². The minimum absolute atomic E-state index is 0.136. The second-order valence-electron chi connectivity index (χ2n) is 3.58. The number of fused-ring (bicyclic) bond motifs is 1. The van der Waals surface area contributed by atoms with Gasteiger partial charge in [-0.25, -0.2) is 4.98 Å². The lowest BCUT2D eigenvalue weighted by molar-refractivity contribution is 0.643. The molecule has 1 aliphatic carbocycles. The van der Waals surface area contributed by atoms with Gasteiger partial charge in [-0.1, -0.05) is 11.8 Å².